The van der Waals surface area contributed by atoms with Crippen LogP contribution in [0.1, 0.15) is 13.3 Å². The van der Waals surface area contributed by atoms with Gasteiger partial charge in [-0.15, -0.1) is 0 Å². The van der Waals surface area contributed by atoms with Crippen molar-refractivity contribution in [2.45, 2.75) is 78.1 Å². The van der Waals surface area contributed by atoms with E-state index in [1.807, 2.05) is 6.92 Å². The van der Waals surface area contributed by atoms with E-state index in [1.165, 1.54) is 0 Å². The monoisotopic (exact) mass is 355 g/mol. The predicted molar refractivity (Wildman–Crippen MR) is 97.0 cm³/mol. The Kier molecular flexibility index (Phi) is 7.16. The lowest BCUT2D eigenvalue weighted by Crippen LogP contribution is -2.49. The topological polar surface area (TPSA) is 47.6 Å². The van der Waals surface area contributed by atoms with Crippen LogP contribution >= 0.6 is 7.60 Å². The first kappa shape index (κ1) is 20.8. The molecule has 122 valence electrons. The highest BCUT2D eigenvalue weighted by Gasteiger charge is 2.43. The molecule has 0 aromatic rings. The zero-order chi connectivity index (χ0) is 16.4. The summed E-state index contributed by atoms with van der Waals surface area (Å²) in [5.74, 6) is -0.187. The molecular formula is C12H34NO3PSi3. The van der Waals surface area contributed by atoms with Crippen molar-refractivity contribution < 1.29 is 13.0 Å². The van der Waals surface area contributed by atoms with Crippen LogP contribution in [-0.2, 0) is 13.0 Å². The first-order chi connectivity index (χ1) is 8.58. The van der Waals surface area contributed by atoms with Gasteiger partial charge in [-0.05, 0) is 45.7 Å². The van der Waals surface area contributed by atoms with Crippen molar-refractivity contribution >= 4 is 32.5 Å². The van der Waals surface area contributed by atoms with Crippen LogP contribution in [0, 0.1) is 0 Å². The van der Waals surface area contributed by atoms with E-state index in [0.717, 1.165) is 6.42 Å². The minimum atomic E-state index is -3.12. The largest absolute Gasteiger partial charge is 0.351 e. The smallest absolute Gasteiger partial charge is 0.327 e. The van der Waals surface area contributed by atoms with Crippen LogP contribution in [0.25, 0.3) is 0 Å². The molecule has 0 radical (unpaired) electrons. The van der Waals surface area contributed by atoms with Gasteiger partial charge in [0, 0.05) is 0 Å². The van der Waals surface area contributed by atoms with E-state index in [2.05, 4.69) is 63.9 Å². The summed E-state index contributed by atoms with van der Waals surface area (Å²) in [7, 11) is -8.55. The van der Waals surface area contributed by atoms with Gasteiger partial charge in [-0.3, -0.25) is 4.57 Å². The molecule has 4 nitrogen and oxygen atoms in total. The van der Waals surface area contributed by atoms with Gasteiger partial charge < -0.3 is 13.4 Å². The quantitative estimate of drug-likeness (QED) is 0.489. The molecule has 0 saturated carbocycles. The molecule has 0 aromatic carbocycles. The summed E-state index contributed by atoms with van der Waals surface area (Å²) in [6, 6.07) is 0. The summed E-state index contributed by atoms with van der Waals surface area (Å²) in [4.78, 5) is 3.56. The molecule has 0 aromatic heterocycles. The fourth-order valence-electron chi connectivity index (χ4n) is 1.81. The Morgan fingerprint density at radius 1 is 0.900 bits per heavy atom. The lowest BCUT2D eigenvalue weighted by atomic mass is 10.5. The fourth-order valence-corrected chi connectivity index (χ4v) is 12.9. The van der Waals surface area contributed by atoms with E-state index < -0.39 is 32.5 Å². The molecule has 20 heavy (non-hydrogen) atoms. The van der Waals surface area contributed by atoms with Gasteiger partial charge in [-0.2, -0.15) is 0 Å². The second-order valence-corrected chi connectivity index (χ2v) is 24.7. The molecular weight excluding hydrogens is 321 g/mol. The van der Waals surface area contributed by atoms with Crippen LogP contribution < -0.4 is 4.98 Å². The second kappa shape index (κ2) is 6.89. The van der Waals surface area contributed by atoms with E-state index in [4.69, 9.17) is 8.43 Å². The van der Waals surface area contributed by atoms with Crippen molar-refractivity contribution in [1.82, 2.24) is 4.98 Å². The number of rotatable bonds is 8. The third kappa shape index (κ3) is 8.92. The first-order valence-electron chi connectivity index (χ1n) is 7.37. The molecule has 1 unspecified atom stereocenters. The second-order valence-electron chi connectivity index (χ2n) is 8.27. The Morgan fingerprint density at radius 2 is 1.25 bits per heavy atom. The summed E-state index contributed by atoms with van der Waals surface area (Å²) in [5, 5.41) is 0. The van der Waals surface area contributed by atoms with Gasteiger partial charge in [-0.25, -0.2) is 0 Å². The Labute approximate surface area is 128 Å². The van der Waals surface area contributed by atoms with Crippen LogP contribution in [-0.4, -0.2) is 30.7 Å². The third-order valence-corrected chi connectivity index (χ3v) is 11.3. The van der Waals surface area contributed by atoms with Crippen molar-refractivity contribution in [1.29, 1.82) is 0 Å². The molecule has 0 aliphatic rings. The van der Waals surface area contributed by atoms with Crippen LogP contribution in [0.4, 0.5) is 0 Å². The fraction of sp³-hybridized carbons (Fsp3) is 1.00. The summed E-state index contributed by atoms with van der Waals surface area (Å²) in [5.41, 5.74) is 0. The average Bonchev–Trinajstić information content (AvgIpc) is 2.05. The van der Waals surface area contributed by atoms with Crippen LogP contribution in [0.5, 0.6) is 0 Å². The van der Waals surface area contributed by atoms with E-state index in [-0.39, 0.29) is 5.78 Å². The average molecular weight is 356 g/mol. The molecule has 0 rings (SSSR count). The molecule has 8 heteroatoms. The van der Waals surface area contributed by atoms with Gasteiger partial charge in [0.1, 0.15) is 14.0 Å². The lowest BCUT2D eigenvalue weighted by Gasteiger charge is -2.38. The molecule has 0 spiro atoms. The number of hydrogen-bond donors (Lipinski definition) is 1. The Morgan fingerprint density at radius 3 is 1.45 bits per heavy atom. The standard InChI is InChI=1S/C12H34NO3PSi3/c1-11-12(13-18(2,3)4)17(14,15-19(5,6)7)16-20(8,9)10/h12-13H,11H2,1-10H3. The number of nitrogens with one attached hydrogen (secondary N) is 1. The van der Waals surface area contributed by atoms with Crippen molar-refractivity contribution in [2.75, 3.05) is 0 Å². The normalized spacial score (nSPS) is 16.3. The molecule has 0 saturated heterocycles. The maximum atomic E-state index is 13.4. The summed E-state index contributed by atoms with van der Waals surface area (Å²) < 4.78 is 25.6. The van der Waals surface area contributed by atoms with E-state index in [0.29, 0.717) is 0 Å². The molecule has 0 aliphatic heterocycles. The highest BCUT2D eigenvalue weighted by Crippen LogP contribution is 2.57. The molecule has 0 fully saturated rings. The summed E-state index contributed by atoms with van der Waals surface area (Å²) in [6.45, 7) is 21.1. The molecule has 1 N–H and O–H groups in total. The predicted octanol–water partition coefficient (Wildman–Crippen LogP) is 5.04. The van der Waals surface area contributed by atoms with Crippen molar-refractivity contribution in [3.05, 3.63) is 0 Å². The van der Waals surface area contributed by atoms with Crippen LogP contribution in [0.15, 0.2) is 0 Å². The minimum absolute atomic E-state index is 0.187. The molecule has 0 aliphatic carbocycles. The van der Waals surface area contributed by atoms with Crippen molar-refractivity contribution in [3.63, 3.8) is 0 Å². The molecule has 1 atom stereocenters. The summed E-state index contributed by atoms with van der Waals surface area (Å²) in [6.07, 6.45) is 0.760. The van der Waals surface area contributed by atoms with Gasteiger partial charge in [0.25, 0.3) is 0 Å². The van der Waals surface area contributed by atoms with Gasteiger partial charge in [0.2, 0.25) is 0 Å². The minimum Gasteiger partial charge on any atom is -0.351 e. The molecule has 0 heterocycles. The Bertz CT molecular complexity index is 338. The maximum absolute atomic E-state index is 13.4. The van der Waals surface area contributed by atoms with E-state index in [1.54, 1.807) is 0 Å². The SMILES string of the molecule is CCC(N[Si](C)(C)C)P(=O)(O[Si](C)(C)C)O[Si](C)(C)C. The van der Waals surface area contributed by atoms with E-state index in [9.17, 15) is 4.57 Å². The van der Waals surface area contributed by atoms with Gasteiger partial charge in [0.05, 0.1) is 0 Å². The highest BCUT2D eigenvalue weighted by atomic mass is 31.2. The number of hydrogen-bond acceptors (Lipinski definition) is 4. The van der Waals surface area contributed by atoms with Crippen LogP contribution in [0.3, 0.4) is 0 Å². The third-order valence-electron chi connectivity index (χ3n) is 2.17. The van der Waals surface area contributed by atoms with Gasteiger partial charge in [-0.1, -0.05) is 26.6 Å². The van der Waals surface area contributed by atoms with Gasteiger partial charge in [0.15, 0.2) is 16.6 Å². The van der Waals surface area contributed by atoms with Crippen molar-refractivity contribution in [3.8, 4) is 0 Å². The van der Waals surface area contributed by atoms with Gasteiger partial charge >= 0.3 is 7.60 Å². The molecule has 0 amide bonds. The first-order valence-corrected chi connectivity index (χ1v) is 19.3. The summed E-state index contributed by atoms with van der Waals surface area (Å²) >= 11 is 0. The van der Waals surface area contributed by atoms with E-state index >= 15 is 0 Å². The van der Waals surface area contributed by atoms with Crippen molar-refractivity contribution in [2.24, 2.45) is 0 Å². The lowest BCUT2D eigenvalue weighted by molar-refractivity contribution is 0.362. The zero-order valence-corrected chi connectivity index (χ0v) is 18.9. The van der Waals surface area contributed by atoms with Crippen LogP contribution in [0.2, 0.25) is 58.9 Å². The Hall–Kier alpha value is 0.761. The maximum Gasteiger partial charge on any atom is 0.327 e. The Balaban J connectivity index is 5.43. The molecule has 0 bridgehead atoms. The highest BCUT2D eigenvalue weighted by molar-refractivity contribution is 7.57. The zero-order valence-electron chi connectivity index (χ0n) is 15.0.